The fourth-order valence-corrected chi connectivity index (χ4v) is 8.84. The highest BCUT2D eigenvalue weighted by atomic mass is 15.2. The van der Waals surface area contributed by atoms with E-state index in [1.54, 1.807) is 0 Å². The zero-order chi connectivity index (χ0) is 36.5. The Hall–Kier alpha value is -5.54. The predicted octanol–water partition coefficient (Wildman–Crippen LogP) is 11.6. The van der Waals surface area contributed by atoms with Gasteiger partial charge in [-0.2, -0.15) is 0 Å². The van der Waals surface area contributed by atoms with Crippen LogP contribution in [0.15, 0.2) is 169 Å². The number of fused-ring (bicyclic) bond motifs is 4. The first kappa shape index (κ1) is 33.3. The fourth-order valence-electron chi connectivity index (χ4n) is 8.84. The van der Waals surface area contributed by atoms with Crippen LogP contribution in [0, 0.1) is 0 Å². The molecule has 9 rings (SSSR count). The predicted molar refractivity (Wildman–Crippen MR) is 228 cm³/mol. The number of para-hydroxylation sites is 2. The van der Waals surface area contributed by atoms with Crippen LogP contribution in [-0.2, 0) is 10.8 Å². The van der Waals surface area contributed by atoms with Crippen molar-refractivity contribution < 1.29 is 0 Å². The molecule has 2 heterocycles. The Balaban J connectivity index is 1.32. The molecule has 3 aliphatic rings. The average Bonchev–Trinajstić information content (AvgIpc) is 3.17. The number of benzene rings is 6. The van der Waals surface area contributed by atoms with E-state index in [0.717, 1.165) is 6.42 Å². The summed E-state index contributed by atoms with van der Waals surface area (Å²) in [6.07, 6.45) is 5.76. The summed E-state index contributed by atoms with van der Waals surface area (Å²) in [5, 5.41) is 0. The molecular formula is C50H47BN2. The smallest absolute Gasteiger partial charge is 0.247 e. The van der Waals surface area contributed by atoms with Crippen LogP contribution < -0.4 is 20.7 Å². The maximum absolute atomic E-state index is 2.67. The van der Waals surface area contributed by atoms with Crippen LogP contribution in [0.1, 0.15) is 59.1 Å². The van der Waals surface area contributed by atoms with Gasteiger partial charge in [-0.25, -0.2) is 0 Å². The number of rotatable bonds is 4. The van der Waals surface area contributed by atoms with Gasteiger partial charge in [0.05, 0.1) is 11.7 Å². The van der Waals surface area contributed by atoms with E-state index in [-0.39, 0.29) is 23.6 Å². The second-order valence-corrected chi connectivity index (χ2v) is 16.9. The highest BCUT2D eigenvalue weighted by Crippen LogP contribution is 2.49. The van der Waals surface area contributed by atoms with E-state index in [4.69, 9.17) is 0 Å². The number of nitrogens with zero attached hydrogens (tertiary/aromatic N) is 2. The number of hydrogen-bond donors (Lipinski definition) is 0. The van der Waals surface area contributed by atoms with Gasteiger partial charge in [0, 0.05) is 33.9 Å². The first-order valence-corrected chi connectivity index (χ1v) is 19.2. The van der Waals surface area contributed by atoms with Crippen molar-refractivity contribution in [1.29, 1.82) is 0 Å². The lowest BCUT2D eigenvalue weighted by Gasteiger charge is -2.50. The molecular weight excluding hydrogens is 639 g/mol. The van der Waals surface area contributed by atoms with Crippen molar-refractivity contribution in [2.75, 3.05) is 9.80 Å². The first-order chi connectivity index (χ1) is 25.6. The van der Waals surface area contributed by atoms with E-state index < -0.39 is 0 Å². The molecule has 260 valence electrons. The van der Waals surface area contributed by atoms with E-state index >= 15 is 0 Å². The van der Waals surface area contributed by atoms with Gasteiger partial charge >= 0.3 is 0 Å². The van der Waals surface area contributed by atoms with E-state index in [9.17, 15) is 0 Å². The molecule has 3 heteroatoms. The minimum atomic E-state index is 0.0251. The molecule has 1 aliphatic carbocycles. The Kier molecular flexibility index (Phi) is 7.89. The molecule has 0 bridgehead atoms. The molecule has 0 saturated heterocycles. The first-order valence-electron chi connectivity index (χ1n) is 19.2. The van der Waals surface area contributed by atoms with Crippen molar-refractivity contribution in [2.24, 2.45) is 0 Å². The summed E-state index contributed by atoms with van der Waals surface area (Å²) in [4.78, 5) is 5.25. The SMILES string of the molecule is CC(C)(C)c1ccc(N2C3=C4B(c5ccccc52)c2ccccc2N(c2ccc(C(C)(C)C)cc2-c2ccccc2)C4CC=C3)c(-c2ccccc2)c1. The molecule has 1 unspecified atom stereocenters. The molecule has 0 spiro atoms. The summed E-state index contributed by atoms with van der Waals surface area (Å²) in [5.74, 6) is 0. The maximum Gasteiger partial charge on any atom is 0.247 e. The van der Waals surface area contributed by atoms with Crippen LogP contribution in [-0.4, -0.2) is 12.8 Å². The van der Waals surface area contributed by atoms with Gasteiger partial charge in [0.15, 0.2) is 0 Å². The number of hydrogen-bond acceptors (Lipinski definition) is 2. The van der Waals surface area contributed by atoms with Crippen molar-refractivity contribution in [1.82, 2.24) is 0 Å². The normalized spacial score (nSPS) is 16.3. The van der Waals surface area contributed by atoms with Crippen molar-refractivity contribution in [3.63, 3.8) is 0 Å². The number of anilines is 4. The van der Waals surface area contributed by atoms with Gasteiger partial charge in [-0.3, -0.25) is 0 Å². The lowest BCUT2D eigenvalue weighted by Crippen LogP contribution is -2.61. The molecule has 0 N–H and O–H groups in total. The topological polar surface area (TPSA) is 6.48 Å². The minimum Gasteiger partial charge on any atom is -0.335 e. The molecule has 2 nitrogen and oxygen atoms in total. The minimum absolute atomic E-state index is 0.0251. The highest BCUT2D eigenvalue weighted by Gasteiger charge is 2.48. The van der Waals surface area contributed by atoms with Crippen molar-refractivity contribution in [3.05, 3.63) is 180 Å². The van der Waals surface area contributed by atoms with Crippen LogP contribution in [0.4, 0.5) is 22.7 Å². The van der Waals surface area contributed by atoms with E-state index in [1.807, 2.05) is 0 Å². The summed E-state index contributed by atoms with van der Waals surface area (Å²) >= 11 is 0. The van der Waals surface area contributed by atoms with Crippen molar-refractivity contribution >= 4 is 40.4 Å². The lowest BCUT2D eigenvalue weighted by molar-refractivity contribution is 0.590. The van der Waals surface area contributed by atoms with Crippen LogP contribution in [0.5, 0.6) is 0 Å². The molecule has 53 heavy (non-hydrogen) atoms. The molecule has 0 fully saturated rings. The van der Waals surface area contributed by atoms with Crippen LogP contribution in [0.3, 0.4) is 0 Å². The summed E-state index contributed by atoms with van der Waals surface area (Å²) < 4.78 is 0. The zero-order valence-corrected chi connectivity index (χ0v) is 31.8. The van der Waals surface area contributed by atoms with Gasteiger partial charge in [-0.05, 0) is 98.4 Å². The average molecular weight is 687 g/mol. The monoisotopic (exact) mass is 686 g/mol. The summed E-state index contributed by atoms with van der Waals surface area (Å²) in [6.45, 7) is 14.0. The molecule has 6 aromatic carbocycles. The van der Waals surface area contributed by atoms with Crippen LogP contribution in [0.2, 0.25) is 0 Å². The molecule has 6 aromatic rings. The fraction of sp³-hybridized carbons (Fsp3) is 0.200. The lowest BCUT2D eigenvalue weighted by atomic mass is 9.31. The van der Waals surface area contributed by atoms with Gasteiger partial charge in [0.1, 0.15) is 0 Å². The van der Waals surface area contributed by atoms with Crippen molar-refractivity contribution in [2.45, 2.75) is 64.8 Å². The van der Waals surface area contributed by atoms with E-state index in [2.05, 4.69) is 209 Å². The van der Waals surface area contributed by atoms with Crippen LogP contribution >= 0.6 is 0 Å². The Morgan fingerprint density at radius 1 is 0.509 bits per heavy atom. The molecule has 0 radical (unpaired) electrons. The molecule has 2 aliphatic heterocycles. The molecule has 0 aromatic heterocycles. The van der Waals surface area contributed by atoms with E-state index in [0.29, 0.717) is 0 Å². The third-order valence-corrected chi connectivity index (χ3v) is 11.5. The van der Waals surface area contributed by atoms with Gasteiger partial charge in [0.2, 0.25) is 6.71 Å². The molecule has 0 saturated carbocycles. The summed E-state index contributed by atoms with van der Waals surface area (Å²) in [5.41, 5.74) is 18.3. The Bertz CT molecular complexity index is 2410. The Morgan fingerprint density at radius 2 is 1.00 bits per heavy atom. The largest absolute Gasteiger partial charge is 0.335 e. The summed E-state index contributed by atoms with van der Waals surface area (Å²) in [7, 11) is 0. The number of allylic oxidation sites excluding steroid dienone is 1. The standard InChI is InChI=1S/C50H47BN2/c1-49(2,3)36-28-30-42(38(32-36)34-18-9-7-10-19-34)52-44-24-15-13-22-40(44)51-41-23-14-16-25-45(41)53(47-27-17-26-46(52)48(47)51)43-31-29-37(50(4,5)6)33-39(43)35-20-11-8-12-21-35/h7-26,28-33,47H,27H2,1-6H3. The quantitative estimate of drug-likeness (QED) is 0.170. The van der Waals surface area contributed by atoms with Gasteiger partial charge < -0.3 is 9.80 Å². The second-order valence-electron chi connectivity index (χ2n) is 16.9. The van der Waals surface area contributed by atoms with Gasteiger partial charge in [0.25, 0.3) is 0 Å². The third-order valence-electron chi connectivity index (χ3n) is 11.5. The van der Waals surface area contributed by atoms with E-state index in [1.165, 1.54) is 78.2 Å². The summed E-state index contributed by atoms with van der Waals surface area (Å²) in [6, 6.07) is 54.7. The Morgan fingerprint density at radius 3 is 1.58 bits per heavy atom. The second kappa shape index (κ2) is 12.6. The zero-order valence-electron chi connectivity index (χ0n) is 31.8. The van der Waals surface area contributed by atoms with Gasteiger partial charge in [-0.1, -0.05) is 157 Å². The molecule has 1 atom stereocenters. The highest BCUT2D eigenvalue weighted by molar-refractivity contribution is 6.94. The Labute approximate surface area is 316 Å². The maximum atomic E-state index is 2.67. The van der Waals surface area contributed by atoms with Crippen molar-refractivity contribution in [3.8, 4) is 22.3 Å². The van der Waals surface area contributed by atoms with Crippen LogP contribution in [0.25, 0.3) is 22.3 Å². The van der Waals surface area contributed by atoms with Gasteiger partial charge in [-0.15, -0.1) is 0 Å². The third kappa shape index (κ3) is 5.57. The molecule has 0 amide bonds.